The van der Waals surface area contributed by atoms with Crippen molar-refractivity contribution in [2.45, 2.75) is 0 Å². The molecule has 0 atom stereocenters. The molecule has 1 aromatic heterocycles. The second-order valence-corrected chi connectivity index (χ2v) is 5.96. The van der Waals surface area contributed by atoms with Gasteiger partial charge in [-0.15, -0.1) is 0 Å². The number of amides is 2. The molecule has 0 bridgehead atoms. The molecule has 1 saturated heterocycles. The number of piperazine rings is 1. The number of hydrogen-bond donors (Lipinski definition) is 1. The Hall–Kier alpha value is -3.36. The Morgan fingerprint density at radius 2 is 1.62 bits per heavy atom. The van der Waals surface area contributed by atoms with Crippen LogP contribution in [0.25, 0.3) is 0 Å². The van der Waals surface area contributed by atoms with Crippen LogP contribution in [0.4, 0.5) is 0 Å². The summed E-state index contributed by atoms with van der Waals surface area (Å²) in [5, 5.41) is 6.00. The number of aromatic amines is 1. The highest BCUT2D eigenvalue weighted by molar-refractivity contribution is 5.95. The normalized spacial score (nSPS) is 15.8. The predicted molar refractivity (Wildman–Crippen MR) is 89.2 cm³/mol. The van der Waals surface area contributed by atoms with E-state index in [9.17, 15) is 14.4 Å². The summed E-state index contributed by atoms with van der Waals surface area (Å²) in [5.41, 5.74) is 0.345. The molecule has 0 spiro atoms. The third-order valence-electron chi connectivity index (χ3n) is 4.37. The van der Waals surface area contributed by atoms with E-state index in [1.54, 1.807) is 28.0 Å². The van der Waals surface area contributed by atoms with E-state index in [-0.39, 0.29) is 29.9 Å². The minimum atomic E-state index is -0.360. The summed E-state index contributed by atoms with van der Waals surface area (Å²) < 4.78 is 10.6. The molecule has 26 heavy (non-hydrogen) atoms. The first-order chi connectivity index (χ1) is 12.6. The molecule has 1 N–H and O–H groups in total. The summed E-state index contributed by atoms with van der Waals surface area (Å²) in [6, 6.07) is 7.76. The monoisotopic (exact) mass is 356 g/mol. The van der Waals surface area contributed by atoms with Gasteiger partial charge in [-0.3, -0.25) is 14.4 Å². The Bertz CT molecular complexity index is 897. The number of fused-ring (bicyclic) bond motifs is 1. The highest BCUT2D eigenvalue weighted by Gasteiger charge is 2.27. The quantitative estimate of drug-likeness (QED) is 0.818. The number of benzene rings is 1. The second kappa shape index (κ2) is 6.51. The standard InChI is InChI=1S/C17H16N4O5/c22-15-4-2-12(18-19-15)17(24)21-7-5-20(6-8-21)16(23)11-1-3-13-14(9-11)26-10-25-13/h1-4,9H,5-8,10H2,(H,19,22). The lowest BCUT2D eigenvalue weighted by Crippen LogP contribution is -2.50. The van der Waals surface area contributed by atoms with Crippen molar-refractivity contribution >= 4 is 11.8 Å². The summed E-state index contributed by atoms with van der Waals surface area (Å²) in [4.78, 5) is 39.4. The van der Waals surface area contributed by atoms with Crippen molar-refractivity contribution in [3.63, 3.8) is 0 Å². The van der Waals surface area contributed by atoms with Crippen molar-refractivity contribution < 1.29 is 19.1 Å². The minimum absolute atomic E-state index is 0.113. The van der Waals surface area contributed by atoms with Crippen LogP contribution in [0.1, 0.15) is 20.8 Å². The number of rotatable bonds is 2. The Morgan fingerprint density at radius 3 is 2.31 bits per heavy atom. The topological polar surface area (TPSA) is 105 Å². The van der Waals surface area contributed by atoms with Gasteiger partial charge in [-0.05, 0) is 24.3 Å². The molecule has 0 aliphatic carbocycles. The van der Waals surface area contributed by atoms with E-state index in [1.165, 1.54) is 12.1 Å². The zero-order chi connectivity index (χ0) is 18.1. The predicted octanol–water partition coefficient (Wildman–Crippen LogP) is 0.0968. The van der Waals surface area contributed by atoms with Crippen molar-refractivity contribution in [1.82, 2.24) is 20.0 Å². The maximum atomic E-state index is 12.7. The number of hydrogen-bond acceptors (Lipinski definition) is 6. The molecule has 2 aromatic rings. The maximum Gasteiger partial charge on any atom is 0.274 e. The third-order valence-corrected chi connectivity index (χ3v) is 4.37. The number of carbonyl (C=O) groups is 2. The average Bonchev–Trinajstić information content (AvgIpc) is 3.15. The van der Waals surface area contributed by atoms with Crippen LogP contribution < -0.4 is 15.0 Å². The molecule has 0 radical (unpaired) electrons. The van der Waals surface area contributed by atoms with Gasteiger partial charge in [-0.2, -0.15) is 5.10 Å². The number of nitrogens with one attached hydrogen (secondary N) is 1. The van der Waals surface area contributed by atoms with E-state index in [1.807, 2.05) is 0 Å². The van der Waals surface area contributed by atoms with E-state index in [4.69, 9.17) is 9.47 Å². The largest absolute Gasteiger partial charge is 0.454 e. The number of nitrogens with zero attached hydrogens (tertiary/aromatic N) is 3. The van der Waals surface area contributed by atoms with Crippen LogP contribution >= 0.6 is 0 Å². The van der Waals surface area contributed by atoms with E-state index in [2.05, 4.69) is 10.2 Å². The van der Waals surface area contributed by atoms with Crippen molar-refractivity contribution in [3.05, 3.63) is 51.9 Å². The van der Waals surface area contributed by atoms with Gasteiger partial charge in [0.25, 0.3) is 17.4 Å². The molecular weight excluding hydrogens is 340 g/mol. The van der Waals surface area contributed by atoms with E-state index < -0.39 is 0 Å². The lowest BCUT2D eigenvalue weighted by molar-refractivity contribution is 0.0531. The molecule has 9 nitrogen and oxygen atoms in total. The third kappa shape index (κ3) is 2.99. The fourth-order valence-electron chi connectivity index (χ4n) is 2.95. The summed E-state index contributed by atoms with van der Waals surface area (Å²) in [6.45, 7) is 1.79. The van der Waals surface area contributed by atoms with Crippen molar-refractivity contribution in [1.29, 1.82) is 0 Å². The fourth-order valence-corrected chi connectivity index (χ4v) is 2.95. The van der Waals surface area contributed by atoms with Crippen LogP contribution in [0, 0.1) is 0 Å². The van der Waals surface area contributed by atoms with Crippen molar-refractivity contribution in [2.24, 2.45) is 0 Å². The molecule has 9 heteroatoms. The molecule has 2 aliphatic heterocycles. The zero-order valence-corrected chi connectivity index (χ0v) is 13.8. The molecule has 4 rings (SSSR count). The van der Waals surface area contributed by atoms with Gasteiger partial charge in [0, 0.05) is 37.8 Å². The van der Waals surface area contributed by atoms with Crippen molar-refractivity contribution in [3.8, 4) is 11.5 Å². The molecule has 134 valence electrons. The number of aromatic nitrogens is 2. The molecule has 3 heterocycles. The highest BCUT2D eigenvalue weighted by Crippen LogP contribution is 2.32. The van der Waals surface area contributed by atoms with Gasteiger partial charge in [-0.1, -0.05) is 0 Å². The highest BCUT2D eigenvalue weighted by atomic mass is 16.7. The van der Waals surface area contributed by atoms with Crippen LogP contribution in [-0.2, 0) is 0 Å². The Morgan fingerprint density at radius 1 is 0.923 bits per heavy atom. The number of ether oxygens (including phenoxy) is 2. The van der Waals surface area contributed by atoms with Crippen LogP contribution in [0.15, 0.2) is 35.1 Å². The molecule has 2 amide bonds. The Balaban J connectivity index is 1.40. The molecule has 1 fully saturated rings. The first-order valence-corrected chi connectivity index (χ1v) is 8.16. The minimum Gasteiger partial charge on any atom is -0.454 e. The molecule has 2 aliphatic rings. The van der Waals surface area contributed by atoms with Gasteiger partial charge in [0.05, 0.1) is 0 Å². The first kappa shape index (κ1) is 16.1. The zero-order valence-electron chi connectivity index (χ0n) is 13.8. The molecule has 0 unspecified atom stereocenters. The van der Waals surface area contributed by atoms with Gasteiger partial charge < -0.3 is 19.3 Å². The second-order valence-electron chi connectivity index (χ2n) is 5.96. The van der Waals surface area contributed by atoms with Gasteiger partial charge in [0.1, 0.15) is 5.69 Å². The average molecular weight is 356 g/mol. The van der Waals surface area contributed by atoms with E-state index in [0.29, 0.717) is 43.2 Å². The lowest BCUT2D eigenvalue weighted by Gasteiger charge is -2.34. The fraction of sp³-hybridized carbons (Fsp3) is 0.294. The van der Waals surface area contributed by atoms with E-state index in [0.717, 1.165) is 0 Å². The Kier molecular flexibility index (Phi) is 4.04. The van der Waals surface area contributed by atoms with Gasteiger partial charge >= 0.3 is 0 Å². The number of H-pyrrole nitrogens is 1. The van der Waals surface area contributed by atoms with Gasteiger partial charge in [0.2, 0.25) is 6.79 Å². The van der Waals surface area contributed by atoms with Crippen LogP contribution in [0.3, 0.4) is 0 Å². The summed E-state index contributed by atoms with van der Waals surface area (Å²) >= 11 is 0. The SMILES string of the molecule is O=C(c1ccc2c(c1)OCO2)N1CCN(C(=O)c2ccc(=O)[nH]n2)CC1. The maximum absolute atomic E-state index is 12.7. The molecular formula is C17H16N4O5. The summed E-state index contributed by atoms with van der Waals surface area (Å²) in [6.07, 6.45) is 0. The molecule has 1 aromatic carbocycles. The first-order valence-electron chi connectivity index (χ1n) is 8.16. The van der Waals surface area contributed by atoms with Gasteiger partial charge in [0.15, 0.2) is 11.5 Å². The smallest absolute Gasteiger partial charge is 0.274 e. The molecule has 0 saturated carbocycles. The van der Waals surface area contributed by atoms with Crippen LogP contribution in [0.5, 0.6) is 11.5 Å². The van der Waals surface area contributed by atoms with Gasteiger partial charge in [-0.25, -0.2) is 5.10 Å². The van der Waals surface area contributed by atoms with Crippen LogP contribution in [0.2, 0.25) is 0 Å². The Labute approximate surface area is 148 Å². The van der Waals surface area contributed by atoms with Crippen molar-refractivity contribution in [2.75, 3.05) is 33.0 Å². The number of carbonyl (C=O) groups excluding carboxylic acids is 2. The van der Waals surface area contributed by atoms with Crippen LogP contribution in [-0.4, -0.2) is 64.8 Å². The summed E-state index contributed by atoms with van der Waals surface area (Å²) in [5.74, 6) is 0.813. The van der Waals surface area contributed by atoms with E-state index >= 15 is 0 Å². The lowest BCUT2D eigenvalue weighted by atomic mass is 10.1. The summed E-state index contributed by atoms with van der Waals surface area (Å²) in [7, 11) is 0.